The van der Waals surface area contributed by atoms with Crippen LogP contribution in [-0.2, 0) is 9.47 Å². The minimum Gasteiger partial charge on any atom is -0.444 e. The fourth-order valence-corrected chi connectivity index (χ4v) is 3.19. The first-order valence-corrected chi connectivity index (χ1v) is 10.00. The molecule has 1 aliphatic carbocycles. The number of nitrogens with one attached hydrogen (secondary N) is 2. The van der Waals surface area contributed by atoms with Crippen LogP contribution >= 0.6 is 0 Å². The Hall–Kier alpha value is -2.05. The number of hydrogen-bond donors (Lipinski definition) is 2. The van der Waals surface area contributed by atoms with Gasteiger partial charge in [-0.3, -0.25) is 15.6 Å². The van der Waals surface area contributed by atoms with Crippen molar-refractivity contribution in [2.24, 2.45) is 10.4 Å². The summed E-state index contributed by atoms with van der Waals surface area (Å²) < 4.78 is 10.6. The zero-order chi connectivity index (χ0) is 21.4. The van der Waals surface area contributed by atoms with Gasteiger partial charge >= 0.3 is 12.2 Å². The van der Waals surface area contributed by atoms with Crippen LogP contribution in [0.1, 0.15) is 80.1 Å². The molecule has 28 heavy (non-hydrogen) atoms. The SMILES string of the molecule is C=CCC1(CN=C(NC(=O)OC(C)(C)C)NC(=O)OC(C)(C)C)CCCCC1. The van der Waals surface area contributed by atoms with Crippen molar-refractivity contribution in [3.63, 3.8) is 0 Å². The second kappa shape index (κ2) is 9.94. The Morgan fingerprint density at radius 1 is 0.964 bits per heavy atom. The number of hydrogen-bond acceptors (Lipinski definition) is 5. The standard InChI is InChI=1S/C21H37N3O4/c1-8-12-21(13-10-9-11-14-21)15-22-16(23-17(25)27-19(2,3)4)24-18(26)28-20(5,6)7/h8H,1,9-15H2,2-7H3,(H2,22,23,24,25,26). The van der Waals surface area contributed by atoms with Crippen molar-refractivity contribution in [3.05, 3.63) is 12.7 Å². The molecule has 1 rings (SSSR count). The lowest BCUT2D eigenvalue weighted by Crippen LogP contribution is -2.47. The zero-order valence-electron chi connectivity index (χ0n) is 18.3. The van der Waals surface area contributed by atoms with Gasteiger partial charge in [-0.2, -0.15) is 0 Å². The number of ether oxygens (including phenoxy) is 2. The monoisotopic (exact) mass is 395 g/mol. The van der Waals surface area contributed by atoms with E-state index < -0.39 is 23.4 Å². The highest BCUT2D eigenvalue weighted by Gasteiger charge is 2.31. The van der Waals surface area contributed by atoms with Gasteiger partial charge in [-0.25, -0.2) is 9.59 Å². The fourth-order valence-electron chi connectivity index (χ4n) is 3.19. The molecule has 0 radical (unpaired) electrons. The van der Waals surface area contributed by atoms with Crippen LogP contribution in [0, 0.1) is 5.41 Å². The minimum absolute atomic E-state index is 0.0104. The van der Waals surface area contributed by atoms with Crippen molar-refractivity contribution < 1.29 is 19.1 Å². The third kappa shape index (κ3) is 9.76. The topological polar surface area (TPSA) is 89.0 Å². The Morgan fingerprint density at radius 2 is 1.43 bits per heavy atom. The van der Waals surface area contributed by atoms with E-state index in [1.807, 2.05) is 6.08 Å². The molecule has 0 aromatic carbocycles. The van der Waals surface area contributed by atoms with Crippen LogP contribution in [0.3, 0.4) is 0 Å². The van der Waals surface area contributed by atoms with Crippen molar-refractivity contribution in [1.82, 2.24) is 10.6 Å². The summed E-state index contributed by atoms with van der Waals surface area (Å²) in [5, 5.41) is 5.08. The van der Waals surface area contributed by atoms with Gasteiger partial charge in [0.05, 0.1) is 0 Å². The Bertz CT molecular complexity index is 547. The van der Waals surface area contributed by atoms with E-state index in [9.17, 15) is 9.59 Å². The number of carbonyl (C=O) groups excluding carboxylic acids is 2. The van der Waals surface area contributed by atoms with Crippen LogP contribution in [0.5, 0.6) is 0 Å². The van der Waals surface area contributed by atoms with Crippen LogP contribution in [0.15, 0.2) is 17.6 Å². The second-order valence-corrected chi connectivity index (χ2v) is 9.47. The smallest absolute Gasteiger partial charge is 0.414 e. The van der Waals surface area contributed by atoms with Crippen molar-refractivity contribution in [2.45, 2.75) is 91.3 Å². The molecule has 2 amide bonds. The lowest BCUT2D eigenvalue weighted by Gasteiger charge is -2.35. The molecule has 7 nitrogen and oxygen atoms in total. The van der Waals surface area contributed by atoms with Gasteiger partial charge in [0.25, 0.3) is 0 Å². The van der Waals surface area contributed by atoms with E-state index in [-0.39, 0.29) is 11.4 Å². The van der Waals surface area contributed by atoms with E-state index in [1.165, 1.54) is 6.42 Å². The van der Waals surface area contributed by atoms with E-state index in [1.54, 1.807) is 41.5 Å². The Morgan fingerprint density at radius 3 is 1.82 bits per heavy atom. The molecule has 0 aromatic rings. The summed E-state index contributed by atoms with van der Waals surface area (Å²) in [4.78, 5) is 28.9. The molecule has 0 atom stereocenters. The van der Waals surface area contributed by atoms with Crippen LogP contribution < -0.4 is 10.6 Å². The molecule has 1 fully saturated rings. The summed E-state index contributed by atoms with van der Waals surface area (Å²) in [5.74, 6) is 0.0394. The lowest BCUT2D eigenvalue weighted by atomic mass is 9.72. The fraction of sp³-hybridized carbons (Fsp3) is 0.762. The molecule has 0 saturated heterocycles. The normalized spacial score (nSPS) is 16.5. The predicted molar refractivity (Wildman–Crippen MR) is 111 cm³/mol. The molecule has 0 bridgehead atoms. The van der Waals surface area contributed by atoms with Gasteiger partial charge in [0.2, 0.25) is 5.96 Å². The molecule has 0 aliphatic heterocycles. The van der Waals surface area contributed by atoms with Crippen molar-refractivity contribution in [3.8, 4) is 0 Å². The van der Waals surface area contributed by atoms with Crippen molar-refractivity contribution in [2.75, 3.05) is 6.54 Å². The Kier molecular flexibility index (Phi) is 8.51. The molecule has 0 heterocycles. The van der Waals surface area contributed by atoms with E-state index in [0.29, 0.717) is 6.54 Å². The quantitative estimate of drug-likeness (QED) is 0.402. The number of nitrogens with zero attached hydrogens (tertiary/aromatic N) is 1. The van der Waals surface area contributed by atoms with Crippen LogP contribution in [-0.4, -0.2) is 35.9 Å². The lowest BCUT2D eigenvalue weighted by molar-refractivity contribution is 0.0544. The average molecular weight is 396 g/mol. The van der Waals surface area contributed by atoms with Gasteiger partial charge < -0.3 is 9.47 Å². The van der Waals surface area contributed by atoms with Crippen molar-refractivity contribution in [1.29, 1.82) is 0 Å². The van der Waals surface area contributed by atoms with E-state index in [0.717, 1.165) is 32.1 Å². The summed E-state index contributed by atoms with van der Waals surface area (Å²) in [5.41, 5.74) is -1.31. The van der Waals surface area contributed by atoms with Crippen LogP contribution in [0.25, 0.3) is 0 Å². The van der Waals surface area contributed by atoms with Crippen molar-refractivity contribution >= 4 is 18.1 Å². The average Bonchev–Trinajstić information content (AvgIpc) is 2.50. The number of alkyl carbamates (subject to hydrolysis) is 2. The predicted octanol–water partition coefficient (Wildman–Crippen LogP) is 4.92. The maximum Gasteiger partial charge on any atom is 0.414 e. The first-order valence-electron chi connectivity index (χ1n) is 10.00. The Balaban J connectivity index is 2.93. The molecule has 1 aliphatic rings. The zero-order valence-corrected chi connectivity index (χ0v) is 18.3. The van der Waals surface area contributed by atoms with E-state index >= 15 is 0 Å². The molecule has 0 aromatic heterocycles. The molecule has 0 unspecified atom stereocenters. The van der Waals surface area contributed by atoms with Crippen LogP contribution in [0.4, 0.5) is 9.59 Å². The highest BCUT2D eigenvalue weighted by Crippen LogP contribution is 2.39. The molecular formula is C21H37N3O4. The minimum atomic E-state index is -0.677. The van der Waals surface area contributed by atoms with Gasteiger partial charge in [-0.05, 0) is 66.2 Å². The van der Waals surface area contributed by atoms with Gasteiger partial charge in [-0.1, -0.05) is 25.3 Å². The highest BCUT2D eigenvalue weighted by atomic mass is 16.6. The van der Waals surface area contributed by atoms with Gasteiger partial charge in [-0.15, -0.1) is 6.58 Å². The van der Waals surface area contributed by atoms with Gasteiger partial charge in [0, 0.05) is 6.54 Å². The first kappa shape index (κ1) is 24.0. The largest absolute Gasteiger partial charge is 0.444 e. The second-order valence-electron chi connectivity index (χ2n) is 9.47. The Labute approximate surface area is 169 Å². The number of aliphatic imine (C=N–C) groups is 1. The molecule has 7 heteroatoms. The first-order chi connectivity index (χ1) is 12.8. The van der Waals surface area contributed by atoms with E-state index in [4.69, 9.17) is 9.47 Å². The molecule has 2 N–H and O–H groups in total. The highest BCUT2D eigenvalue weighted by molar-refractivity contribution is 6.01. The maximum absolute atomic E-state index is 12.2. The third-order valence-corrected chi connectivity index (χ3v) is 4.30. The van der Waals surface area contributed by atoms with Crippen LogP contribution in [0.2, 0.25) is 0 Å². The summed E-state index contributed by atoms with van der Waals surface area (Å²) in [6.45, 7) is 15.0. The summed E-state index contributed by atoms with van der Waals surface area (Å²) in [6, 6.07) is 0. The van der Waals surface area contributed by atoms with E-state index in [2.05, 4.69) is 22.2 Å². The summed E-state index contributed by atoms with van der Waals surface area (Å²) in [7, 11) is 0. The molecule has 160 valence electrons. The van der Waals surface area contributed by atoms with Gasteiger partial charge in [0.15, 0.2) is 0 Å². The molecule has 0 spiro atoms. The number of amides is 2. The number of guanidine groups is 1. The number of rotatable bonds is 4. The number of carbonyl (C=O) groups is 2. The molecular weight excluding hydrogens is 358 g/mol. The maximum atomic E-state index is 12.2. The van der Waals surface area contributed by atoms with Gasteiger partial charge in [0.1, 0.15) is 11.2 Å². The number of allylic oxidation sites excluding steroid dienone is 1. The summed E-state index contributed by atoms with van der Waals surface area (Å²) >= 11 is 0. The third-order valence-electron chi connectivity index (χ3n) is 4.30. The molecule has 1 saturated carbocycles. The summed E-state index contributed by atoms with van der Waals surface area (Å²) in [6.07, 6.45) is 7.04.